The van der Waals surface area contributed by atoms with Crippen LogP contribution in [0.5, 0.6) is 0 Å². The van der Waals surface area contributed by atoms with Crippen molar-refractivity contribution in [1.29, 1.82) is 0 Å². The van der Waals surface area contributed by atoms with Crippen LogP contribution in [0.15, 0.2) is 12.2 Å². The van der Waals surface area contributed by atoms with Crippen molar-refractivity contribution in [2.24, 2.45) is 39.9 Å². The Hall–Kier alpha value is -1.32. The monoisotopic (exact) mass is 352 g/mol. The molecule has 0 aromatic heterocycles. The van der Waals surface area contributed by atoms with E-state index in [1.54, 1.807) is 0 Å². The van der Waals surface area contributed by atoms with E-state index in [2.05, 4.69) is 13.5 Å². The zero-order valence-electron chi connectivity index (χ0n) is 15.3. The Kier molecular flexibility index (Phi) is 2.98. The molecule has 1 heterocycles. The summed E-state index contributed by atoms with van der Waals surface area (Å²) in [5.74, 6) is 0.696. The van der Waals surface area contributed by atoms with E-state index in [4.69, 9.17) is 9.47 Å². The first-order valence-corrected chi connectivity index (χ1v) is 9.82. The Labute approximate surface area is 149 Å². The average molecular weight is 352 g/mol. The fraction of sp³-hybridized carbons (Fsp3) is 0.810. The van der Waals surface area contributed by atoms with Crippen LogP contribution in [-0.4, -0.2) is 25.7 Å². The van der Waals surface area contributed by atoms with Crippen molar-refractivity contribution in [2.45, 2.75) is 51.9 Å². The summed E-state index contributed by atoms with van der Waals surface area (Å²) >= 11 is 0. The molecular formula is C21H28O4. The van der Waals surface area contributed by atoms with Gasteiger partial charge in [0.25, 0.3) is 0 Å². The van der Waals surface area contributed by atoms with Crippen LogP contribution in [0.4, 0.5) is 0 Å². The highest BCUT2D eigenvalue weighted by Crippen LogP contribution is 2.78. The van der Waals surface area contributed by atoms with Gasteiger partial charge in [-0.3, -0.25) is 9.59 Å². The van der Waals surface area contributed by atoms with E-state index < -0.39 is 5.41 Å². The third-order valence-corrected chi connectivity index (χ3v) is 8.94. The number of esters is 2. The maximum Gasteiger partial charge on any atom is 0.312 e. The Bertz CT molecular complexity index is 683. The Balaban J connectivity index is 1.74. The van der Waals surface area contributed by atoms with Crippen LogP contribution in [-0.2, 0) is 19.1 Å². The molecule has 7 atom stereocenters. The largest absolute Gasteiger partial charge is 0.469 e. The number of carbonyl (C=O) groups excluding carboxylic acids is 2. The fourth-order valence-electron chi connectivity index (χ4n) is 8.29. The Morgan fingerprint density at radius 3 is 3.04 bits per heavy atom. The second-order valence-corrected chi connectivity index (χ2v) is 9.66. The highest BCUT2D eigenvalue weighted by atomic mass is 16.8. The molecule has 0 aromatic rings. The topological polar surface area (TPSA) is 52.6 Å². The summed E-state index contributed by atoms with van der Waals surface area (Å²) in [6, 6.07) is 0. The smallest absolute Gasteiger partial charge is 0.312 e. The molecule has 0 radical (unpaired) electrons. The van der Waals surface area contributed by atoms with Gasteiger partial charge in [0.2, 0.25) is 0 Å². The number of fused-ring (bicyclic) bond motifs is 1. The van der Waals surface area contributed by atoms with Crippen molar-refractivity contribution in [3.05, 3.63) is 12.2 Å². The lowest BCUT2D eigenvalue weighted by Crippen LogP contribution is -2.58. The minimum absolute atomic E-state index is 0.0324. The van der Waals surface area contributed by atoms with Gasteiger partial charge in [0.1, 0.15) is 0 Å². The van der Waals surface area contributed by atoms with Crippen LogP contribution in [0.3, 0.4) is 0 Å². The predicted molar refractivity (Wildman–Crippen MR) is 91.4 cm³/mol. The normalized spacial score (nSPS) is 53.0. The number of allylic oxidation sites excluding steroid dienone is 1. The molecule has 4 bridgehead atoms. The highest BCUT2D eigenvalue weighted by molar-refractivity contribution is 5.82. The van der Waals surface area contributed by atoms with Crippen molar-refractivity contribution < 1.29 is 19.1 Å². The van der Waals surface area contributed by atoms with E-state index >= 15 is 0 Å². The zero-order valence-corrected chi connectivity index (χ0v) is 15.3. The second-order valence-electron chi connectivity index (χ2n) is 9.66. The number of hydrogen-bond donors (Lipinski definition) is 0. The maximum absolute atomic E-state index is 13.1. The van der Waals surface area contributed by atoms with Gasteiger partial charge in [0.15, 0.2) is 0 Å². The summed E-state index contributed by atoms with van der Waals surface area (Å²) in [7, 11) is 1.50. The van der Waals surface area contributed by atoms with Gasteiger partial charge in [-0.25, -0.2) is 0 Å². The lowest BCUT2D eigenvalue weighted by atomic mass is 9.65. The molecule has 0 amide bonds. The van der Waals surface area contributed by atoms with E-state index in [0.717, 1.165) is 38.5 Å². The number of carbonyl (C=O) groups is 2. The summed E-state index contributed by atoms with van der Waals surface area (Å²) in [6.45, 7) is 6.91. The highest BCUT2D eigenvalue weighted by Gasteiger charge is 2.78. The molecule has 0 N–H and O–H groups in total. The molecule has 25 heavy (non-hydrogen) atoms. The molecule has 3 unspecified atom stereocenters. The van der Waals surface area contributed by atoms with Gasteiger partial charge in [-0.15, -0.1) is 0 Å². The van der Waals surface area contributed by atoms with Crippen molar-refractivity contribution in [3.8, 4) is 0 Å². The summed E-state index contributed by atoms with van der Waals surface area (Å²) in [6.07, 6.45) is 7.28. The second kappa shape index (κ2) is 4.69. The van der Waals surface area contributed by atoms with Crippen LogP contribution >= 0.6 is 0 Å². The Morgan fingerprint density at radius 1 is 1.48 bits per heavy atom. The van der Waals surface area contributed by atoms with E-state index in [-0.39, 0.29) is 34.6 Å². The molecule has 4 nitrogen and oxygen atoms in total. The molecule has 1 spiro atoms. The lowest BCUT2D eigenvalue weighted by Gasteiger charge is -2.55. The first-order chi connectivity index (χ1) is 11.9. The number of rotatable bonds is 1. The van der Waals surface area contributed by atoms with E-state index in [1.807, 2.05) is 0 Å². The van der Waals surface area contributed by atoms with Crippen molar-refractivity contribution in [1.82, 2.24) is 0 Å². The summed E-state index contributed by atoms with van der Waals surface area (Å²) in [5.41, 5.74) is 0.687. The molecule has 5 aliphatic rings. The van der Waals surface area contributed by atoms with Crippen molar-refractivity contribution in [3.63, 3.8) is 0 Å². The zero-order chi connectivity index (χ0) is 17.6. The van der Waals surface area contributed by atoms with Gasteiger partial charge in [0, 0.05) is 5.41 Å². The van der Waals surface area contributed by atoms with Gasteiger partial charge >= 0.3 is 11.9 Å². The van der Waals surface area contributed by atoms with Gasteiger partial charge in [0.05, 0.1) is 25.0 Å². The maximum atomic E-state index is 13.1. The van der Waals surface area contributed by atoms with Gasteiger partial charge in [-0.2, -0.15) is 0 Å². The van der Waals surface area contributed by atoms with Gasteiger partial charge < -0.3 is 9.47 Å². The first-order valence-electron chi connectivity index (χ1n) is 9.82. The number of cyclic esters (lactones) is 1. The number of hydrogen-bond acceptors (Lipinski definition) is 4. The van der Waals surface area contributed by atoms with Crippen LogP contribution < -0.4 is 0 Å². The van der Waals surface area contributed by atoms with Crippen molar-refractivity contribution in [2.75, 3.05) is 13.7 Å². The summed E-state index contributed by atoms with van der Waals surface area (Å²) in [5, 5.41) is 0. The van der Waals surface area contributed by atoms with Crippen LogP contribution in [0.2, 0.25) is 0 Å². The van der Waals surface area contributed by atoms with E-state index in [9.17, 15) is 9.59 Å². The molecule has 4 saturated carbocycles. The minimum atomic E-state index is -0.541. The van der Waals surface area contributed by atoms with Gasteiger partial charge in [-0.05, 0) is 68.6 Å². The van der Waals surface area contributed by atoms with E-state index in [0.29, 0.717) is 18.4 Å². The van der Waals surface area contributed by atoms with Crippen LogP contribution in [0.25, 0.3) is 0 Å². The molecule has 0 aromatic carbocycles. The molecular weight excluding hydrogens is 324 g/mol. The first kappa shape index (κ1) is 15.9. The SMILES string of the molecule is C=C1C[C@]23CC1[14CH2]C[C@H]2[C@]12CO[14C](=O)C(C)(CC[14CH2]1)C2[C@@H]3[14C](=O)OC. The molecule has 5 fully saturated rings. The third-order valence-electron chi connectivity index (χ3n) is 8.94. The van der Waals surface area contributed by atoms with Crippen LogP contribution in [0, 0.1) is 39.9 Å². The molecule has 4 heteroatoms. The predicted octanol–water partition coefficient (Wildman–Crippen LogP) is 3.50. The summed E-state index contributed by atoms with van der Waals surface area (Å²) < 4.78 is 11.1. The number of methoxy groups -OCH3 is 1. The summed E-state index contributed by atoms with van der Waals surface area (Å²) in [4.78, 5) is 25.9. The lowest BCUT2D eigenvalue weighted by molar-refractivity contribution is -0.201. The third kappa shape index (κ3) is 1.61. The van der Waals surface area contributed by atoms with E-state index in [1.165, 1.54) is 19.1 Å². The standard InChI is InChI=1S/C21H28O4/c1-12-9-21-10-13(12)5-6-14(21)20-8-4-7-19(2,18(23)25-11-20)16(20)15(21)17(22)24-3/h13-16H,1,4-11H2,2-3H3/t13?,14-,15+,16?,19?,20+,21-/m0/s1/i5+2,8+2,17+2,18+2. The van der Waals surface area contributed by atoms with Crippen molar-refractivity contribution >= 4 is 11.9 Å². The van der Waals surface area contributed by atoms with Gasteiger partial charge in [-0.1, -0.05) is 18.6 Å². The quantitative estimate of drug-likeness (QED) is 0.535. The van der Waals surface area contributed by atoms with Crippen LogP contribution in [0.1, 0.15) is 51.9 Å². The minimum Gasteiger partial charge on any atom is -0.469 e. The molecule has 136 valence electrons. The Morgan fingerprint density at radius 2 is 2.28 bits per heavy atom. The molecule has 1 saturated heterocycles. The number of ether oxygens (including phenoxy) is 2. The molecule has 4 aliphatic carbocycles. The molecule has 5 rings (SSSR count). The average Bonchev–Trinajstić information content (AvgIpc) is 3.00. The fourth-order valence-corrected chi connectivity index (χ4v) is 8.29. The molecule has 1 aliphatic heterocycles.